The van der Waals surface area contributed by atoms with Crippen LogP contribution in [-0.2, 0) is 9.59 Å². The van der Waals surface area contributed by atoms with Crippen molar-refractivity contribution in [1.82, 2.24) is 9.97 Å². The van der Waals surface area contributed by atoms with E-state index in [1.165, 1.54) is 13.8 Å². The first-order valence-electron chi connectivity index (χ1n) is 6.02. The van der Waals surface area contributed by atoms with Gasteiger partial charge in [-0.05, 0) is 24.3 Å². The molecule has 0 fully saturated rings. The first-order chi connectivity index (χ1) is 9.54. The number of nitrogens with zero attached hydrogens (tertiary/aromatic N) is 2. The maximum absolute atomic E-state index is 11.0. The van der Waals surface area contributed by atoms with Gasteiger partial charge >= 0.3 is 0 Å². The SMILES string of the molecule is CC(=O)Nc1ccnc(-c2cc(NC(C)=O)ccn2)c1. The molecule has 0 atom stereocenters. The van der Waals surface area contributed by atoms with Gasteiger partial charge in [0, 0.05) is 37.6 Å². The van der Waals surface area contributed by atoms with Crippen LogP contribution in [0.5, 0.6) is 0 Å². The highest BCUT2D eigenvalue weighted by Gasteiger charge is 2.05. The Hall–Kier alpha value is -2.76. The third kappa shape index (κ3) is 3.61. The lowest BCUT2D eigenvalue weighted by molar-refractivity contribution is -0.115. The fourth-order valence-corrected chi connectivity index (χ4v) is 1.70. The molecule has 0 unspecified atom stereocenters. The highest BCUT2D eigenvalue weighted by molar-refractivity contribution is 5.90. The molecule has 0 saturated heterocycles. The zero-order chi connectivity index (χ0) is 14.5. The second kappa shape index (κ2) is 5.92. The molecule has 2 aromatic rings. The summed E-state index contributed by atoms with van der Waals surface area (Å²) >= 11 is 0. The Morgan fingerprint density at radius 1 is 0.850 bits per heavy atom. The quantitative estimate of drug-likeness (QED) is 0.894. The molecule has 2 N–H and O–H groups in total. The number of hydrogen-bond donors (Lipinski definition) is 2. The topological polar surface area (TPSA) is 84.0 Å². The standard InChI is InChI=1S/C14H14N4O2/c1-9(19)17-11-3-5-15-13(7-11)14-8-12(4-6-16-14)18-10(2)20/h3-8H,1-2H3,(H,15,17,19)(H,16,18,20). The molecule has 0 saturated carbocycles. The fraction of sp³-hybridized carbons (Fsp3) is 0.143. The number of nitrogens with one attached hydrogen (secondary N) is 2. The van der Waals surface area contributed by atoms with Gasteiger partial charge in [-0.2, -0.15) is 0 Å². The summed E-state index contributed by atoms with van der Waals surface area (Å²) in [5.41, 5.74) is 2.52. The Balaban J connectivity index is 2.31. The van der Waals surface area contributed by atoms with Gasteiger partial charge in [0.25, 0.3) is 0 Å². The molecule has 0 bridgehead atoms. The molecular formula is C14H14N4O2. The molecule has 2 amide bonds. The first-order valence-corrected chi connectivity index (χ1v) is 6.02. The minimum Gasteiger partial charge on any atom is -0.326 e. The minimum absolute atomic E-state index is 0.151. The molecule has 0 radical (unpaired) electrons. The van der Waals surface area contributed by atoms with E-state index in [2.05, 4.69) is 20.6 Å². The van der Waals surface area contributed by atoms with Crippen LogP contribution in [-0.4, -0.2) is 21.8 Å². The Morgan fingerprint density at radius 2 is 1.25 bits per heavy atom. The lowest BCUT2D eigenvalue weighted by Crippen LogP contribution is -2.07. The van der Waals surface area contributed by atoms with Crippen LogP contribution in [0.25, 0.3) is 11.4 Å². The molecule has 6 nitrogen and oxygen atoms in total. The van der Waals surface area contributed by atoms with Crippen molar-refractivity contribution in [2.24, 2.45) is 0 Å². The number of carbonyl (C=O) groups is 2. The van der Waals surface area contributed by atoms with Crippen LogP contribution >= 0.6 is 0 Å². The van der Waals surface area contributed by atoms with Gasteiger partial charge in [-0.15, -0.1) is 0 Å². The van der Waals surface area contributed by atoms with Crippen molar-refractivity contribution in [1.29, 1.82) is 0 Å². The highest BCUT2D eigenvalue weighted by atomic mass is 16.2. The number of amides is 2. The van der Waals surface area contributed by atoms with Gasteiger partial charge < -0.3 is 10.6 Å². The van der Waals surface area contributed by atoms with Crippen molar-refractivity contribution in [2.45, 2.75) is 13.8 Å². The van der Waals surface area contributed by atoms with Crippen LogP contribution in [0.1, 0.15) is 13.8 Å². The van der Waals surface area contributed by atoms with Crippen molar-refractivity contribution in [2.75, 3.05) is 10.6 Å². The van der Waals surface area contributed by atoms with E-state index in [0.29, 0.717) is 22.8 Å². The lowest BCUT2D eigenvalue weighted by Gasteiger charge is -2.06. The summed E-state index contributed by atoms with van der Waals surface area (Å²) in [7, 11) is 0. The van der Waals surface area contributed by atoms with Crippen molar-refractivity contribution >= 4 is 23.2 Å². The Labute approximate surface area is 116 Å². The van der Waals surface area contributed by atoms with Crippen LogP contribution in [0.2, 0.25) is 0 Å². The smallest absolute Gasteiger partial charge is 0.221 e. The largest absolute Gasteiger partial charge is 0.326 e. The maximum Gasteiger partial charge on any atom is 0.221 e. The molecule has 0 aliphatic rings. The molecule has 0 spiro atoms. The number of anilines is 2. The molecule has 0 aliphatic heterocycles. The van der Waals surface area contributed by atoms with Gasteiger partial charge in [-0.3, -0.25) is 19.6 Å². The lowest BCUT2D eigenvalue weighted by atomic mass is 10.2. The number of rotatable bonds is 3. The van der Waals surface area contributed by atoms with E-state index in [4.69, 9.17) is 0 Å². The fourth-order valence-electron chi connectivity index (χ4n) is 1.70. The third-order valence-corrected chi connectivity index (χ3v) is 2.42. The molecule has 0 aliphatic carbocycles. The molecule has 6 heteroatoms. The van der Waals surface area contributed by atoms with E-state index in [1.807, 2.05) is 0 Å². The molecule has 0 aromatic carbocycles. The van der Waals surface area contributed by atoms with E-state index in [1.54, 1.807) is 36.7 Å². The summed E-state index contributed by atoms with van der Waals surface area (Å²) in [6.07, 6.45) is 3.18. The van der Waals surface area contributed by atoms with Gasteiger partial charge in [0.2, 0.25) is 11.8 Å². The Morgan fingerprint density at radius 3 is 1.60 bits per heavy atom. The number of carbonyl (C=O) groups excluding carboxylic acids is 2. The van der Waals surface area contributed by atoms with Gasteiger partial charge in [0.05, 0.1) is 11.4 Å². The average molecular weight is 270 g/mol. The summed E-state index contributed by atoms with van der Waals surface area (Å²) in [6.45, 7) is 2.88. The van der Waals surface area contributed by atoms with Crippen LogP contribution in [0.15, 0.2) is 36.7 Å². The molecule has 2 rings (SSSR count). The summed E-state index contributed by atoms with van der Waals surface area (Å²) in [6, 6.07) is 6.84. The van der Waals surface area contributed by atoms with Crippen LogP contribution < -0.4 is 10.6 Å². The van der Waals surface area contributed by atoms with Crippen molar-refractivity contribution in [3.63, 3.8) is 0 Å². The number of hydrogen-bond acceptors (Lipinski definition) is 4. The number of pyridine rings is 2. The highest BCUT2D eigenvalue weighted by Crippen LogP contribution is 2.20. The van der Waals surface area contributed by atoms with E-state index >= 15 is 0 Å². The van der Waals surface area contributed by atoms with Gasteiger partial charge in [0.1, 0.15) is 0 Å². The first kappa shape index (κ1) is 13.7. The molecular weight excluding hydrogens is 256 g/mol. The molecule has 20 heavy (non-hydrogen) atoms. The average Bonchev–Trinajstić information content (AvgIpc) is 2.38. The normalized spacial score (nSPS) is 9.90. The summed E-state index contributed by atoms with van der Waals surface area (Å²) < 4.78 is 0. The minimum atomic E-state index is -0.151. The van der Waals surface area contributed by atoms with Crippen molar-refractivity contribution < 1.29 is 9.59 Å². The van der Waals surface area contributed by atoms with Crippen LogP contribution in [0.4, 0.5) is 11.4 Å². The second-order valence-electron chi connectivity index (χ2n) is 4.22. The third-order valence-electron chi connectivity index (χ3n) is 2.42. The molecule has 2 heterocycles. The van der Waals surface area contributed by atoms with Gasteiger partial charge in [0.15, 0.2) is 0 Å². The van der Waals surface area contributed by atoms with E-state index in [0.717, 1.165) is 0 Å². The predicted molar refractivity (Wildman–Crippen MR) is 76.1 cm³/mol. The van der Waals surface area contributed by atoms with E-state index < -0.39 is 0 Å². The van der Waals surface area contributed by atoms with E-state index in [9.17, 15) is 9.59 Å². The van der Waals surface area contributed by atoms with Gasteiger partial charge in [-0.1, -0.05) is 0 Å². The monoisotopic (exact) mass is 270 g/mol. The summed E-state index contributed by atoms with van der Waals surface area (Å²) in [5.74, 6) is -0.302. The Kier molecular flexibility index (Phi) is 4.05. The molecule has 2 aromatic heterocycles. The van der Waals surface area contributed by atoms with E-state index in [-0.39, 0.29) is 11.8 Å². The Bertz CT molecular complexity index is 598. The predicted octanol–water partition coefficient (Wildman–Crippen LogP) is 2.06. The van der Waals surface area contributed by atoms with Crippen LogP contribution in [0.3, 0.4) is 0 Å². The second-order valence-corrected chi connectivity index (χ2v) is 4.22. The summed E-state index contributed by atoms with van der Waals surface area (Å²) in [5, 5.41) is 5.37. The van der Waals surface area contributed by atoms with Gasteiger partial charge in [-0.25, -0.2) is 0 Å². The van der Waals surface area contributed by atoms with Crippen molar-refractivity contribution in [3.8, 4) is 11.4 Å². The van der Waals surface area contributed by atoms with Crippen LogP contribution in [0, 0.1) is 0 Å². The summed E-state index contributed by atoms with van der Waals surface area (Å²) in [4.78, 5) is 30.5. The zero-order valence-corrected chi connectivity index (χ0v) is 11.2. The molecule has 102 valence electrons. The maximum atomic E-state index is 11.0. The number of aromatic nitrogens is 2. The van der Waals surface area contributed by atoms with Crippen molar-refractivity contribution in [3.05, 3.63) is 36.7 Å². The zero-order valence-electron chi connectivity index (χ0n) is 11.2.